The Labute approximate surface area is 161 Å². The van der Waals surface area contributed by atoms with E-state index in [0.29, 0.717) is 16.6 Å². The zero-order valence-corrected chi connectivity index (χ0v) is 15.8. The lowest BCUT2D eigenvalue weighted by Crippen LogP contribution is -2.43. The fourth-order valence-electron chi connectivity index (χ4n) is 5.00. The highest BCUT2D eigenvalue weighted by Crippen LogP contribution is 2.50. The van der Waals surface area contributed by atoms with Crippen LogP contribution in [0.15, 0.2) is 18.3 Å². The lowest BCUT2D eigenvalue weighted by Gasteiger charge is -2.39. The van der Waals surface area contributed by atoms with Gasteiger partial charge in [0.1, 0.15) is 17.0 Å². The molecule has 5 heterocycles. The molecule has 6 rings (SSSR count). The third kappa shape index (κ3) is 2.21. The first-order valence-electron chi connectivity index (χ1n) is 9.85. The summed E-state index contributed by atoms with van der Waals surface area (Å²) in [4.78, 5) is 20.2. The number of primary amides is 1. The van der Waals surface area contributed by atoms with Gasteiger partial charge in [-0.2, -0.15) is 5.10 Å². The topological polar surface area (TPSA) is 82.4 Å². The Hall–Kier alpha value is -2.45. The molecule has 3 saturated heterocycles. The molecule has 3 aliphatic heterocycles. The largest absolute Gasteiger partial charge is 0.366 e. The van der Waals surface area contributed by atoms with Crippen molar-refractivity contribution in [1.29, 1.82) is 0 Å². The lowest BCUT2D eigenvalue weighted by molar-refractivity contribution is 0.100. The van der Waals surface area contributed by atoms with Gasteiger partial charge >= 0.3 is 0 Å². The standard InChI is InChI=1S/C20H23FN6O/c1-19(2-4-25(5-3-19)9-20-10-26(20)11-20)14-8-23-27-16-13(17(22)28)6-12(21)7-15(16)24-18(14)27/h6-8,24H,2-5,9-11H2,1H3,(H2,22,28). The highest BCUT2D eigenvalue weighted by molar-refractivity contribution is 6.05. The van der Waals surface area contributed by atoms with Crippen LogP contribution in [0.3, 0.4) is 0 Å². The van der Waals surface area contributed by atoms with Gasteiger partial charge in [-0.15, -0.1) is 0 Å². The number of benzene rings is 1. The van der Waals surface area contributed by atoms with Gasteiger partial charge in [-0.25, -0.2) is 8.91 Å². The first-order valence-corrected chi connectivity index (χ1v) is 9.85. The van der Waals surface area contributed by atoms with Crippen molar-refractivity contribution in [2.24, 2.45) is 5.73 Å². The van der Waals surface area contributed by atoms with Gasteiger partial charge in [-0.3, -0.25) is 9.69 Å². The molecule has 1 amide bonds. The van der Waals surface area contributed by atoms with Gasteiger partial charge in [0.15, 0.2) is 0 Å². The Kier molecular flexibility index (Phi) is 3.02. The quantitative estimate of drug-likeness (QED) is 0.670. The smallest absolute Gasteiger partial charge is 0.251 e. The van der Waals surface area contributed by atoms with Gasteiger partial charge in [0, 0.05) is 30.6 Å². The van der Waals surface area contributed by atoms with Crippen LogP contribution in [0.1, 0.15) is 35.7 Å². The number of piperidine rings is 1. The van der Waals surface area contributed by atoms with E-state index in [2.05, 4.69) is 26.8 Å². The van der Waals surface area contributed by atoms with Crippen LogP contribution in [0.25, 0.3) is 16.7 Å². The number of fused-ring (bicyclic) bond motifs is 4. The molecule has 3 fully saturated rings. The second-order valence-electron chi connectivity index (χ2n) is 9.07. The molecule has 0 atom stereocenters. The monoisotopic (exact) mass is 382 g/mol. The molecular weight excluding hydrogens is 359 g/mol. The summed E-state index contributed by atoms with van der Waals surface area (Å²) in [5.41, 5.74) is 9.19. The van der Waals surface area contributed by atoms with Gasteiger partial charge in [0.25, 0.3) is 5.91 Å². The molecule has 8 heteroatoms. The fourth-order valence-corrected chi connectivity index (χ4v) is 5.00. The van der Waals surface area contributed by atoms with Crippen LogP contribution in [0.2, 0.25) is 0 Å². The Morgan fingerprint density at radius 2 is 2.04 bits per heavy atom. The Balaban J connectivity index is 1.36. The zero-order chi connectivity index (χ0) is 19.3. The third-order valence-corrected chi connectivity index (χ3v) is 7.14. The van der Waals surface area contributed by atoms with E-state index >= 15 is 0 Å². The van der Waals surface area contributed by atoms with E-state index in [1.807, 2.05) is 6.20 Å². The maximum Gasteiger partial charge on any atom is 0.251 e. The van der Waals surface area contributed by atoms with Crippen molar-refractivity contribution < 1.29 is 9.18 Å². The van der Waals surface area contributed by atoms with E-state index in [1.54, 1.807) is 4.52 Å². The number of imidazole rings is 1. The minimum absolute atomic E-state index is 0.00495. The third-order valence-electron chi connectivity index (χ3n) is 7.14. The number of halogens is 1. The van der Waals surface area contributed by atoms with E-state index < -0.39 is 11.7 Å². The summed E-state index contributed by atoms with van der Waals surface area (Å²) < 4.78 is 15.6. The number of nitrogens with one attached hydrogen (secondary N) is 1. The predicted octanol–water partition coefficient (Wildman–Crippen LogP) is 1.48. The summed E-state index contributed by atoms with van der Waals surface area (Å²) in [6.07, 6.45) is 3.99. The predicted molar refractivity (Wildman–Crippen MR) is 103 cm³/mol. The van der Waals surface area contributed by atoms with Crippen LogP contribution in [0, 0.1) is 5.82 Å². The van der Waals surface area contributed by atoms with Gasteiger partial charge in [-0.1, -0.05) is 6.92 Å². The summed E-state index contributed by atoms with van der Waals surface area (Å²) in [5.74, 6) is -1.14. The second kappa shape index (κ2) is 5.12. The molecule has 0 spiro atoms. The minimum Gasteiger partial charge on any atom is -0.366 e. The first-order chi connectivity index (χ1) is 13.4. The average molecular weight is 382 g/mol. The van der Waals surface area contributed by atoms with Gasteiger partial charge < -0.3 is 15.6 Å². The molecule has 0 bridgehead atoms. The van der Waals surface area contributed by atoms with E-state index in [9.17, 15) is 9.18 Å². The van der Waals surface area contributed by atoms with Crippen LogP contribution in [-0.2, 0) is 5.41 Å². The maximum atomic E-state index is 13.9. The Bertz CT molecular complexity index is 1130. The summed E-state index contributed by atoms with van der Waals surface area (Å²) in [7, 11) is 0. The normalized spacial score (nSPS) is 28.6. The van der Waals surface area contributed by atoms with Crippen molar-refractivity contribution in [1.82, 2.24) is 24.4 Å². The Morgan fingerprint density at radius 3 is 2.68 bits per heavy atom. The molecule has 3 aromatic rings. The van der Waals surface area contributed by atoms with Crippen molar-refractivity contribution >= 4 is 22.6 Å². The molecule has 1 aromatic carbocycles. The average Bonchev–Trinajstić information content (AvgIpc) is 3.36. The molecule has 3 aliphatic rings. The zero-order valence-electron chi connectivity index (χ0n) is 15.8. The number of aromatic nitrogens is 3. The number of likely N-dealkylation sites (tertiary alicyclic amines) is 1. The number of hydrogen-bond donors (Lipinski definition) is 2. The van der Waals surface area contributed by atoms with Crippen LogP contribution in [-0.4, -0.2) is 68.6 Å². The van der Waals surface area contributed by atoms with E-state index in [-0.39, 0.29) is 11.0 Å². The number of rotatable bonds is 4. The molecule has 2 aromatic heterocycles. The molecule has 7 nitrogen and oxygen atoms in total. The van der Waals surface area contributed by atoms with Crippen molar-refractivity contribution in [3.63, 3.8) is 0 Å². The summed E-state index contributed by atoms with van der Waals surface area (Å²) >= 11 is 0. The van der Waals surface area contributed by atoms with E-state index in [4.69, 9.17) is 5.73 Å². The number of nitrogens with two attached hydrogens (primary N) is 1. The minimum atomic E-state index is -0.657. The fraction of sp³-hybridized carbons (Fsp3) is 0.500. The first kappa shape index (κ1) is 16.5. The number of carbonyl (C=O) groups is 1. The van der Waals surface area contributed by atoms with Crippen LogP contribution >= 0.6 is 0 Å². The number of nitrogens with zero attached hydrogens (tertiary/aromatic N) is 4. The number of aromatic amines is 1. The van der Waals surface area contributed by atoms with E-state index in [0.717, 1.165) is 37.1 Å². The number of H-pyrrole nitrogens is 1. The molecule has 3 N–H and O–H groups in total. The Morgan fingerprint density at radius 1 is 1.32 bits per heavy atom. The van der Waals surface area contributed by atoms with Crippen molar-refractivity contribution in [3.05, 3.63) is 35.3 Å². The molecule has 0 aliphatic carbocycles. The lowest BCUT2D eigenvalue weighted by atomic mass is 9.75. The van der Waals surface area contributed by atoms with Gasteiger partial charge in [-0.05, 0) is 38.1 Å². The van der Waals surface area contributed by atoms with Crippen molar-refractivity contribution in [2.75, 3.05) is 32.7 Å². The number of amides is 1. The van der Waals surface area contributed by atoms with Crippen LogP contribution in [0.4, 0.5) is 4.39 Å². The van der Waals surface area contributed by atoms with Gasteiger partial charge in [0.05, 0.1) is 22.8 Å². The molecule has 0 radical (unpaired) electrons. The molecule has 28 heavy (non-hydrogen) atoms. The van der Waals surface area contributed by atoms with Crippen molar-refractivity contribution in [2.45, 2.75) is 30.7 Å². The molecule has 0 saturated carbocycles. The number of hydrogen-bond acceptors (Lipinski definition) is 4. The maximum absolute atomic E-state index is 13.9. The van der Waals surface area contributed by atoms with E-state index in [1.165, 1.54) is 31.8 Å². The van der Waals surface area contributed by atoms with Crippen LogP contribution in [0.5, 0.6) is 0 Å². The van der Waals surface area contributed by atoms with Gasteiger partial charge in [0.2, 0.25) is 0 Å². The molecular formula is C20H23FN6O. The van der Waals surface area contributed by atoms with Crippen LogP contribution < -0.4 is 5.73 Å². The summed E-state index contributed by atoms with van der Waals surface area (Å²) in [6.45, 7) is 8.17. The highest BCUT2D eigenvalue weighted by atomic mass is 19.1. The molecule has 146 valence electrons. The highest BCUT2D eigenvalue weighted by Gasteiger charge is 2.68. The SMILES string of the molecule is CC1(c2cnn3c2[nH]c2cc(F)cc(C(N)=O)c23)CCN(CC23CN2C3)CC1. The summed E-state index contributed by atoms with van der Waals surface area (Å²) in [5, 5.41) is 4.53. The second-order valence-corrected chi connectivity index (χ2v) is 9.07. The number of carbonyl (C=O) groups excluding carboxylic acids is 1. The summed E-state index contributed by atoms with van der Waals surface area (Å²) in [6, 6.07) is 2.57. The van der Waals surface area contributed by atoms with Crippen molar-refractivity contribution in [3.8, 4) is 0 Å². The molecule has 0 unspecified atom stereocenters.